The fourth-order valence-electron chi connectivity index (χ4n) is 1.70. The number of rotatable bonds is 6. The molecule has 0 aliphatic heterocycles. The van der Waals surface area contributed by atoms with Gasteiger partial charge in [-0.3, -0.25) is 9.89 Å². The second-order valence-corrected chi connectivity index (χ2v) is 5.09. The van der Waals surface area contributed by atoms with Crippen molar-refractivity contribution in [2.75, 3.05) is 12.8 Å². The number of nitrogens with two attached hydrogens (primary N) is 1. The zero-order valence-electron chi connectivity index (χ0n) is 12.3. The van der Waals surface area contributed by atoms with Crippen molar-refractivity contribution >= 4 is 11.9 Å². The van der Waals surface area contributed by atoms with E-state index in [1.807, 2.05) is 13.8 Å². The molecule has 0 spiro atoms. The molecule has 0 bridgehead atoms. The van der Waals surface area contributed by atoms with Crippen molar-refractivity contribution in [3.63, 3.8) is 0 Å². The Morgan fingerprint density at radius 1 is 1.43 bits per heavy atom. The molecule has 9 heteroatoms. The number of amides is 1. The maximum absolute atomic E-state index is 12.0. The molecule has 2 rings (SSSR count). The smallest absolute Gasteiger partial charge is 0.239 e. The molecule has 2 heterocycles. The summed E-state index contributed by atoms with van der Waals surface area (Å²) in [5.74, 6) is 1.97. The minimum Gasteiger partial charge on any atom is -0.367 e. The van der Waals surface area contributed by atoms with E-state index >= 15 is 0 Å². The molecule has 2 aromatic rings. The van der Waals surface area contributed by atoms with Gasteiger partial charge in [-0.25, -0.2) is 0 Å². The monoisotopic (exact) mass is 293 g/mol. The largest absolute Gasteiger partial charge is 0.367 e. The fourth-order valence-corrected chi connectivity index (χ4v) is 1.70. The lowest BCUT2D eigenvalue weighted by Crippen LogP contribution is -2.27. The number of aromatic nitrogens is 5. The highest BCUT2D eigenvalue weighted by molar-refractivity contribution is 5.75. The number of hydrogen-bond donors (Lipinski definition) is 2. The molecule has 0 aliphatic rings. The molecule has 0 aromatic carbocycles. The number of aryl methyl sites for hydroxylation is 1. The molecule has 1 amide bonds. The zero-order chi connectivity index (χ0) is 15.4. The van der Waals surface area contributed by atoms with Crippen LogP contribution < -0.4 is 5.73 Å². The van der Waals surface area contributed by atoms with Gasteiger partial charge in [-0.05, 0) is 0 Å². The number of anilines is 1. The standard InChI is InChI=1S/C12H19N7O2/c1-7(2)11-14-9(18-21-11)6-19(3)10(20)5-4-8-15-12(13)17-16-8/h7H,4-6H2,1-3H3,(H3,13,15,16,17). The van der Waals surface area contributed by atoms with Crippen molar-refractivity contribution in [3.05, 3.63) is 17.5 Å². The predicted octanol–water partition coefficient (Wildman–Crippen LogP) is 0.485. The lowest BCUT2D eigenvalue weighted by Gasteiger charge is -2.14. The third kappa shape index (κ3) is 4.01. The Hall–Kier alpha value is -2.45. The summed E-state index contributed by atoms with van der Waals surface area (Å²) in [7, 11) is 1.70. The second kappa shape index (κ2) is 6.33. The molecule has 0 saturated heterocycles. The number of carbonyl (C=O) groups excluding carboxylic acids is 1. The molecule has 9 nitrogen and oxygen atoms in total. The Labute approximate surface area is 121 Å². The second-order valence-electron chi connectivity index (χ2n) is 5.09. The van der Waals surface area contributed by atoms with Crippen LogP contribution in [0.25, 0.3) is 0 Å². The Morgan fingerprint density at radius 3 is 2.76 bits per heavy atom. The van der Waals surface area contributed by atoms with Crippen LogP contribution in [0.4, 0.5) is 5.95 Å². The Kier molecular flexibility index (Phi) is 4.51. The molecule has 0 atom stereocenters. The van der Waals surface area contributed by atoms with Gasteiger partial charge in [0.15, 0.2) is 5.82 Å². The molecule has 2 aromatic heterocycles. The minimum absolute atomic E-state index is 0.0409. The van der Waals surface area contributed by atoms with Crippen molar-refractivity contribution in [2.45, 2.75) is 39.2 Å². The van der Waals surface area contributed by atoms with E-state index in [0.29, 0.717) is 36.9 Å². The molecule has 0 fully saturated rings. The van der Waals surface area contributed by atoms with Gasteiger partial charge in [0.05, 0.1) is 6.54 Å². The van der Waals surface area contributed by atoms with Crippen LogP contribution in [0.15, 0.2) is 4.52 Å². The maximum Gasteiger partial charge on any atom is 0.239 e. The van der Waals surface area contributed by atoms with Gasteiger partial charge in [0.2, 0.25) is 17.7 Å². The quantitative estimate of drug-likeness (QED) is 0.793. The van der Waals surface area contributed by atoms with E-state index in [2.05, 4.69) is 25.3 Å². The highest BCUT2D eigenvalue weighted by Gasteiger charge is 2.15. The number of carbonyl (C=O) groups is 1. The summed E-state index contributed by atoms with van der Waals surface area (Å²) in [4.78, 5) is 21.8. The van der Waals surface area contributed by atoms with Crippen molar-refractivity contribution in [1.29, 1.82) is 0 Å². The first-order chi connectivity index (χ1) is 9.95. The van der Waals surface area contributed by atoms with E-state index in [1.165, 1.54) is 0 Å². The maximum atomic E-state index is 12.0. The zero-order valence-corrected chi connectivity index (χ0v) is 12.3. The number of H-pyrrole nitrogens is 1. The molecular formula is C12H19N7O2. The highest BCUT2D eigenvalue weighted by Crippen LogP contribution is 2.12. The van der Waals surface area contributed by atoms with Gasteiger partial charge in [-0.2, -0.15) is 9.97 Å². The van der Waals surface area contributed by atoms with Gasteiger partial charge < -0.3 is 15.2 Å². The highest BCUT2D eigenvalue weighted by atomic mass is 16.5. The van der Waals surface area contributed by atoms with E-state index < -0.39 is 0 Å². The first-order valence-corrected chi connectivity index (χ1v) is 6.69. The van der Waals surface area contributed by atoms with Crippen LogP contribution >= 0.6 is 0 Å². The third-order valence-corrected chi connectivity index (χ3v) is 2.91. The summed E-state index contributed by atoms with van der Waals surface area (Å²) in [5, 5.41) is 10.2. The van der Waals surface area contributed by atoms with Crippen molar-refractivity contribution in [2.24, 2.45) is 0 Å². The van der Waals surface area contributed by atoms with Gasteiger partial charge >= 0.3 is 0 Å². The molecular weight excluding hydrogens is 274 g/mol. The fraction of sp³-hybridized carbons (Fsp3) is 0.583. The average Bonchev–Trinajstić information content (AvgIpc) is 3.05. The van der Waals surface area contributed by atoms with Gasteiger partial charge in [-0.15, -0.1) is 5.10 Å². The molecule has 0 radical (unpaired) electrons. The third-order valence-electron chi connectivity index (χ3n) is 2.91. The normalized spacial score (nSPS) is 11.0. The minimum atomic E-state index is -0.0409. The van der Waals surface area contributed by atoms with E-state index in [9.17, 15) is 4.79 Å². The van der Waals surface area contributed by atoms with Crippen molar-refractivity contribution < 1.29 is 9.32 Å². The summed E-state index contributed by atoms with van der Waals surface area (Å²) in [5.41, 5.74) is 5.40. The average molecular weight is 293 g/mol. The molecule has 3 N–H and O–H groups in total. The Bertz CT molecular complexity index is 604. The van der Waals surface area contributed by atoms with Crippen LogP contribution in [0.1, 0.15) is 43.7 Å². The first kappa shape index (κ1) is 14.9. The SMILES string of the molecule is CC(C)c1nc(CN(C)C(=O)CCc2nc(N)n[nH]2)no1. The Balaban J connectivity index is 1.84. The van der Waals surface area contributed by atoms with Gasteiger partial charge in [-0.1, -0.05) is 19.0 Å². The van der Waals surface area contributed by atoms with Crippen LogP contribution in [0.5, 0.6) is 0 Å². The van der Waals surface area contributed by atoms with E-state index in [1.54, 1.807) is 11.9 Å². The van der Waals surface area contributed by atoms with Gasteiger partial charge in [0, 0.05) is 25.8 Å². The lowest BCUT2D eigenvalue weighted by atomic mass is 10.2. The summed E-state index contributed by atoms with van der Waals surface area (Å²) >= 11 is 0. The van der Waals surface area contributed by atoms with Crippen LogP contribution in [0.2, 0.25) is 0 Å². The number of aromatic amines is 1. The number of nitrogens with one attached hydrogen (secondary N) is 1. The van der Waals surface area contributed by atoms with Crippen LogP contribution in [-0.2, 0) is 17.8 Å². The van der Waals surface area contributed by atoms with E-state index in [4.69, 9.17) is 10.3 Å². The topological polar surface area (TPSA) is 127 Å². The molecule has 0 saturated carbocycles. The number of nitrogens with zero attached hydrogens (tertiary/aromatic N) is 5. The van der Waals surface area contributed by atoms with Crippen LogP contribution in [0, 0.1) is 0 Å². The van der Waals surface area contributed by atoms with Gasteiger partial charge in [0.25, 0.3) is 0 Å². The lowest BCUT2D eigenvalue weighted by molar-refractivity contribution is -0.130. The molecule has 21 heavy (non-hydrogen) atoms. The predicted molar refractivity (Wildman–Crippen MR) is 74.0 cm³/mol. The van der Waals surface area contributed by atoms with Crippen LogP contribution in [-0.4, -0.2) is 43.2 Å². The summed E-state index contributed by atoms with van der Waals surface area (Å²) < 4.78 is 5.10. The van der Waals surface area contributed by atoms with Crippen LogP contribution in [0.3, 0.4) is 0 Å². The Morgan fingerprint density at radius 2 is 2.19 bits per heavy atom. The van der Waals surface area contributed by atoms with Crippen molar-refractivity contribution in [1.82, 2.24) is 30.2 Å². The van der Waals surface area contributed by atoms with E-state index in [-0.39, 0.29) is 17.8 Å². The molecule has 114 valence electrons. The first-order valence-electron chi connectivity index (χ1n) is 6.69. The number of nitrogen functional groups attached to an aromatic ring is 1. The molecule has 0 unspecified atom stereocenters. The summed E-state index contributed by atoms with van der Waals surface area (Å²) in [6, 6.07) is 0. The summed E-state index contributed by atoms with van der Waals surface area (Å²) in [6.45, 7) is 4.25. The van der Waals surface area contributed by atoms with Crippen molar-refractivity contribution in [3.8, 4) is 0 Å². The summed E-state index contributed by atoms with van der Waals surface area (Å²) in [6.07, 6.45) is 0.761. The molecule has 0 aliphatic carbocycles. The number of hydrogen-bond acceptors (Lipinski definition) is 7. The van der Waals surface area contributed by atoms with E-state index in [0.717, 1.165) is 0 Å². The van der Waals surface area contributed by atoms with Gasteiger partial charge in [0.1, 0.15) is 5.82 Å².